The van der Waals surface area contributed by atoms with Crippen LogP contribution in [0.3, 0.4) is 0 Å². The number of sulfonamides is 1. The van der Waals surface area contributed by atoms with Gasteiger partial charge in [-0.05, 0) is 61.0 Å². The van der Waals surface area contributed by atoms with E-state index in [0.29, 0.717) is 5.69 Å². The van der Waals surface area contributed by atoms with Gasteiger partial charge in [-0.25, -0.2) is 13.2 Å². The number of nitrogens with one attached hydrogen (secondary N) is 2. The van der Waals surface area contributed by atoms with Crippen molar-refractivity contribution in [3.05, 3.63) is 89.5 Å². The van der Waals surface area contributed by atoms with Crippen molar-refractivity contribution in [1.82, 2.24) is 0 Å². The quantitative estimate of drug-likeness (QED) is 0.586. The molecule has 0 atom stereocenters. The van der Waals surface area contributed by atoms with Crippen LogP contribution in [-0.4, -0.2) is 27.4 Å². The summed E-state index contributed by atoms with van der Waals surface area (Å²) < 4.78 is 32.6. The summed E-state index contributed by atoms with van der Waals surface area (Å²) in [5, 5.41) is 2.77. The summed E-state index contributed by atoms with van der Waals surface area (Å²) >= 11 is 0. The molecule has 30 heavy (non-hydrogen) atoms. The van der Waals surface area contributed by atoms with Crippen LogP contribution in [0.25, 0.3) is 0 Å². The molecule has 8 heteroatoms. The second-order valence-corrected chi connectivity index (χ2v) is 8.17. The standard InChI is InChI=1S/C22H20N2O5S/c1-15-6-5-7-17(14-15)23-21(25)19-8-3-4-9-20(19)24-30(27,28)18-12-10-16(11-13-18)22(26)29-2/h3-14,24H,1-2H3,(H,23,25). The Balaban J connectivity index is 1.84. The average Bonchev–Trinajstić information content (AvgIpc) is 2.73. The molecule has 0 fully saturated rings. The fourth-order valence-corrected chi connectivity index (χ4v) is 3.86. The molecule has 0 saturated carbocycles. The van der Waals surface area contributed by atoms with Crippen molar-refractivity contribution in [3.63, 3.8) is 0 Å². The van der Waals surface area contributed by atoms with E-state index in [-0.39, 0.29) is 21.7 Å². The molecule has 0 bridgehead atoms. The average molecular weight is 424 g/mol. The summed E-state index contributed by atoms with van der Waals surface area (Å²) in [4.78, 5) is 24.2. The second kappa shape index (κ2) is 8.79. The molecule has 0 aromatic heterocycles. The highest BCUT2D eigenvalue weighted by Crippen LogP contribution is 2.22. The first-order valence-corrected chi connectivity index (χ1v) is 10.5. The summed E-state index contributed by atoms with van der Waals surface area (Å²) in [6.45, 7) is 1.91. The summed E-state index contributed by atoms with van der Waals surface area (Å²) in [7, 11) is -2.74. The Hall–Kier alpha value is -3.65. The lowest BCUT2D eigenvalue weighted by molar-refractivity contribution is 0.0600. The van der Waals surface area contributed by atoms with Gasteiger partial charge in [-0.1, -0.05) is 24.3 Å². The highest BCUT2D eigenvalue weighted by molar-refractivity contribution is 7.92. The minimum absolute atomic E-state index is 0.0518. The Morgan fingerprint density at radius 3 is 2.27 bits per heavy atom. The Morgan fingerprint density at radius 2 is 1.60 bits per heavy atom. The number of anilines is 2. The molecule has 0 spiro atoms. The van der Waals surface area contributed by atoms with Gasteiger partial charge < -0.3 is 10.1 Å². The van der Waals surface area contributed by atoms with Crippen molar-refractivity contribution in [1.29, 1.82) is 0 Å². The Morgan fingerprint density at radius 1 is 0.900 bits per heavy atom. The van der Waals surface area contributed by atoms with E-state index in [0.717, 1.165) is 5.56 Å². The smallest absolute Gasteiger partial charge is 0.337 e. The zero-order valence-electron chi connectivity index (χ0n) is 16.4. The van der Waals surface area contributed by atoms with Crippen LogP contribution in [0, 0.1) is 6.92 Å². The molecular formula is C22H20N2O5S. The maximum atomic E-state index is 12.8. The van der Waals surface area contributed by atoms with Gasteiger partial charge in [0.2, 0.25) is 0 Å². The molecule has 2 N–H and O–H groups in total. The molecule has 0 radical (unpaired) electrons. The normalized spacial score (nSPS) is 10.9. The maximum absolute atomic E-state index is 12.8. The molecule has 0 aliphatic heterocycles. The van der Waals surface area contributed by atoms with Gasteiger partial charge in [0.15, 0.2) is 0 Å². The topological polar surface area (TPSA) is 102 Å². The van der Waals surface area contributed by atoms with E-state index in [2.05, 4.69) is 14.8 Å². The number of para-hydroxylation sites is 1. The van der Waals surface area contributed by atoms with Gasteiger partial charge >= 0.3 is 5.97 Å². The number of carbonyl (C=O) groups excluding carboxylic acids is 2. The number of aryl methyl sites for hydroxylation is 1. The molecule has 1 amide bonds. The highest BCUT2D eigenvalue weighted by Gasteiger charge is 2.19. The van der Waals surface area contributed by atoms with Crippen LogP contribution in [0.5, 0.6) is 0 Å². The zero-order chi connectivity index (χ0) is 21.7. The van der Waals surface area contributed by atoms with Gasteiger partial charge in [0, 0.05) is 5.69 Å². The molecule has 0 heterocycles. The predicted octanol–water partition coefficient (Wildman–Crippen LogP) is 3.83. The third kappa shape index (κ3) is 4.84. The van der Waals surface area contributed by atoms with E-state index in [9.17, 15) is 18.0 Å². The monoisotopic (exact) mass is 424 g/mol. The first kappa shape index (κ1) is 21.1. The van der Waals surface area contributed by atoms with Crippen molar-refractivity contribution in [2.24, 2.45) is 0 Å². The number of hydrogen-bond donors (Lipinski definition) is 2. The van der Waals surface area contributed by atoms with Crippen LogP contribution in [0.4, 0.5) is 11.4 Å². The van der Waals surface area contributed by atoms with E-state index in [1.807, 2.05) is 25.1 Å². The van der Waals surface area contributed by atoms with E-state index in [4.69, 9.17) is 0 Å². The minimum Gasteiger partial charge on any atom is -0.465 e. The van der Waals surface area contributed by atoms with Gasteiger partial charge in [-0.15, -0.1) is 0 Å². The van der Waals surface area contributed by atoms with Crippen LogP contribution in [0.15, 0.2) is 77.7 Å². The molecule has 3 aromatic rings. The van der Waals surface area contributed by atoms with Gasteiger partial charge in [-0.3, -0.25) is 9.52 Å². The second-order valence-electron chi connectivity index (χ2n) is 6.49. The van der Waals surface area contributed by atoms with E-state index >= 15 is 0 Å². The highest BCUT2D eigenvalue weighted by atomic mass is 32.2. The summed E-state index contributed by atoms with van der Waals surface area (Å²) in [5.41, 5.74) is 2.14. The summed E-state index contributed by atoms with van der Waals surface area (Å²) in [6.07, 6.45) is 0. The number of esters is 1. The summed E-state index contributed by atoms with van der Waals surface area (Å²) in [6, 6.07) is 18.9. The number of rotatable bonds is 6. The lowest BCUT2D eigenvalue weighted by atomic mass is 10.1. The first-order chi connectivity index (χ1) is 14.3. The lowest BCUT2D eigenvalue weighted by Gasteiger charge is -2.13. The molecular weight excluding hydrogens is 404 g/mol. The van der Waals surface area contributed by atoms with Crippen LogP contribution < -0.4 is 10.0 Å². The SMILES string of the molecule is COC(=O)c1ccc(S(=O)(=O)Nc2ccccc2C(=O)Nc2cccc(C)c2)cc1. The van der Waals surface area contributed by atoms with Crippen molar-refractivity contribution in [2.45, 2.75) is 11.8 Å². The molecule has 7 nitrogen and oxygen atoms in total. The number of methoxy groups -OCH3 is 1. The number of carbonyl (C=O) groups is 2. The van der Waals surface area contributed by atoms with Gasteiger partial charge in [0.25, 0.3) is 15.9 Å². The fourth-order valence-electron chi connectivity index (χ4n) is 2.78. The molecule has 0 aliphatic carbocycles. The van der Waals surface area contributed by atoms with Crippen LogP contribution in [0.1, 0.15) is 26.3 Å². The molecule has 0 unspecified atom stereocenters. The maximum Gasteiger partial charge on any atom is 0.337 e. The van der Waals surface area contributed by atoms with Gasteiger partial charge in [0.1, 0.15) is 0 Å². The summed E-state index contributed by atoms with van der Waals surface area (Å²) in [5.74, 6) is -1.01. The van der Waals surface area contributed by atoms with Gasteiger partial charge in [0.05, 0.1) is 28.8 Å². The Kier molecular flexibility index (Phi) is 6.17. The van der Waals surface area contributed by atoms with Gasteiger partial charge in [-0.2, -0.15) is 0 Å². The van der Waals surface area contributed by atoms with Crippen molar-refractivity contribution >= 4 is 33.3 Å². The Bertz CT molecular complexity index is 1190. The zero-order valence-corrected chi connectivity index (χ0v) is 17.2. The number of benzene rings is 3. The molecule has 154 valence electrons. The van der Waals surface area contributed by atoms with E-state index in [1.165, 1.54) is 43.5 Å². The molecule has 3 aromatic carbocycles. The Labute approximate surface area is 174 Å². The number of ether oxygens (including phenoxy) is 1. The van der Waals surface area contributed by atoms with Crippen molar-refractivity contribution in [3.8, 4) is 0 Å². The van der Waals surface area contributed by atoms with E-state index < -0.39 is 21.9 Å². The minimum atomic E-state index is -3.98. The van der Waals surface area contributed by atoms with Crippen molar-refractivity contribution in [2.75, 3.05) is 17.1 Å². The lowest BCUT2D eigenvalue weighted by Crippen LogP contribution is -2.18. The molecule has 3 rings (SSSR count). The van der Waals surface area contributed by atoms with Crippen LogP contribution in [-0.2, 0) is 14.8 Å². The molecule has 0 saturated heterocycles. The van der Waals surface area contributed by atoms with E-state index in [1.54, 1.807) is 18.2 Å². The number of amides is 1. The largest absolute Gasteiger partial charge is 0.465 e. The number of hydrogen-bond acceptors (Lipinski definition) is 5. The molecule has 0 aliphatic rings. The predicted molar refractivity (Wildman–Crippen MR) is 114 cm³/mol. The first-order valence-electron chi connectivity index (χ1n) is 8.98. The third-order valence-corrected chi connectivity index (χ3v) is 5.66. The third-order valence-electron chi connectivity index (χ3n) is 4.28. The fraction of sp³-hybridized carbons (Fsp3) is 0.0909. The van der Waals surface area contributed by atoms with Crippen LogP contribution >= 0.6 is 0 Å². The van der Waals surface area contributed by atoms with Crippen molar-refractivity contribution < 1.29 is 22.7 Å². The van der Waals surface area contributed by atoms with Crippen LogP contribution in [0.2, 0.25) is 0 Å².